The minimum absolute atomic E-state index is 0.732. The topological polar surface area (TPSA) is 38.4 Å². The zero-order valence-electron chi connectivity index (χ0n) is 14.3. The summed E-state index contributed by atoms with van der Waals surface area (Å²) in [6, 6.07) is 4.27. The number of aromatic nitrogens is 4. The highest BCUT2D eigenvalue weighted by molar-refractivity contribution is 5.52. The van der Waals surface area contributed by atoms with Crippen molar-refractivity contribution in [1.29, 1.82) is 0 Å². The Morgan fingerprint density at radius 3 is 3.04 bits per heavy atom. The highest BCUT2D eigenvalue weighted by Crippen LogP contribution is 2.24. The lowest BCUT2D eigenvalue weighted by Crippen LogP contribution is -2.25. The predicted octanol–water partition coefficient (Wildman–Crippen LogP) is 2.91. The molecule has 1 aliphatic heterocycles. The number of rotatable bonds is 4. The number of nitrogens with zero attached hydrogens (tertiary/aromatic N) is 5. The molecule has 0 N–H and O–H groups in total. The van der Waals surface area contributed by atoms with Gasteiger partial charge in [0.2, 0.25) is 0 Å². The van der Waals surface area contributed by atoms with Crippen molar-refractivity contribution in [2.24, 2.45) is 13.0 Å². The van der Waals surface area contributed by atoms with Crippen LogP contribution in [0.25, 0.3) is 5.52 Å². The second kappa shape index (κ2) is 6.77. The van der Waals surface area contributed by atoms with Gasteiger partial charge in [-0.1, -0.05) is 0 Å². The van der Waals surface area contributed by atoms with E-state index < -0.39 is 0 Å². The van der Waals surface area contributed by atoms with Crippen LogP contribution >= 0.6 is 0 Å². The van der Waals surface area contributed by atoms with E-state index in [0.717, 1.165) is 18.9 Å². The Hall–Kier alpha value is -2.14. The lowest BCUT2D eigenvalue weighted by Gasteiger charge is -2.20. The van der Waals surface area contributed by atoms with Crippen LogP contribution in [0.1, 0.15) is 30.7 Å². The standard InChI is InChI=1S/C19H25N5/c1-22-15-20-13-17(22)14-23-8-2-4-16(6-10-23)12-18-19-5-3-9-24(19)11-7-21-18/h3,5,7,9,11,13,15-16H,2,4,6,8,10,12,14H2,1H3. The number of hydrogen-bond acceptors (Lipinski definition) is 3. The maximum Gasteiger partial charge on any atom is 0.0945 e. The fourth-order valence-electron chi connectivity index (χ4n) is 3.81. The van der Waals surface area contributed by atoms with Gasteiger partial charge in [0.15, 0.2) is 0 Å². The minimum atomic E-state index is 0.732. The van der Waals surface area contributed by atoms with E-state index in [4.69, 9.17) is 0 Å². The van der Waals surface area contributed by atoms with E-state index in [0.29, 0.717) is 0 Å². The summed E-state index contributed by atoms with van der Waals surface area (Å²) in [7, 11) is 2.08. The highest BCUT2D eigenvalue weighted by Gasteiger charge is 2.19. The third-order valence-electron chi connectivity index (χ3n) is 5.26. The molecule has 4 heterocycles. The van der Waals surface area contributed by atoms with Gasteiger partial charge < -0.3 is 8.97 Å². The van der Waals surface area contributed by atoms with Gasteiger partial charge in [0.05, 0.1) is 23.2 Å². The number of imidazole rings is 1. The summed E-state index contributed by atoms with van der Waals surface area (Å²) < 4.78 is 4.30. The molecule has 3 aromatic rings. The molecule has 5 heteroatoms. The Kier molecular flexibility index (Phi) is 4.34. The van der Waals surface area contributed by atoms with E-state index in [1.54, 1.807) is 0 Å². The Balaban J connectivity index is 1.40. The van der Waals surface area contributed by atoms with Crippen LogP contribution in [0, 0.1) is 5.92 Å². The van der Waals surface area contributed by atoms with E-state index >= 15 is 0 Å². The summed E-state index contributed by atoms with van der Waals surface area (Å²) in [6.07, 6.45) is 14.8. The van der Waals surface area contributed by atoms with Crippen LogP contribution in [-0.4, -0.2) is 36.9 Å². The van der Waals surface area contributed by atoms with Crippen molar-refractivity contribution in [2.45, 2.75) is 32.2 Å². The lowest BCUT2D eigenvalue weighted by molar-refractivity contribution is 0.266. The second-order valence-electron chi connectivity index (χ2n) is 6.95. The SMILES string of the molecule is Cn1cncc1CN1CCCC(Cc2nccn3cccc23)CC1. The molecule has 0 saturated carbocycles. The molecule has 0 radical (unpaired) electrons. The lowest BCUT2D eigenvalue weighted by atomic mass is 9.95. The van der Waals surface area contributed by atoms with Crippen molar-refractivity contribution in [1.82, 2.24) is 23.8 Å². The van der Waals surface area contributed by atoms with Crippen LogP contribution in [0.3, 0.4) is 0 Å². The Labute approximate surface area is 143 Å². The fraction of sp³-hybridized carbons (Fsp3) is 0.474. The number of fused-ring (bicyclic) bond motifs is 1. The highest BCUT2D eigenvalue weighted by atomic mass is 15.2. The third kappa shape index (κ3) is 3.22. The summed E-state index contributed by atoms with van der Waals surface area (Å²) >= 11 is 0. The molecule has 1 unspecified atom stereocenters. The molecule has 24 heavy (non-hydrogen) atoms. The van der Waals surface area contributed by atoms with Gasteiger partial charge in [-0.05, 0) is 56.8 Å². The van der Waals surface area contributed by atoms with Gasteiger partial charge in [0.25, 0.3) is 0 Å². The van der Waals surface area contributed by atoms with Gasteiger partial charge >= 0.3 is 0 Å². The third-order valence-corrected chi connectivity index (χ3v) is 5.26. The molecular formula is C19H25N5. The Bertz CT molecular complexity index is 803. The van der Waals surface area contributed by atoms with Gasteiger partial charge in [0.1, 0.15) is 0 Å². The molecule has 0 spiro atoms. The van der Waals surface area contributed by atoms with Crippen LogP contribution in [-0.2, 0) is 20.0 Å². The maximum absolute atomic E-state index is 4.65. The van der Waals surface area contributed by atoms with Crippen LogP contribution in [0.2, 0.25) is 0 Å². The molecule has 3 aromatic heterocycles. The number of aryl methyl sites for hydroxylation is 1. The first-order valence-corrected chi connectivity index (χ1v) is 8.88. The van der Waals surface area contributed by atoms with Gasteiger partial charge in [-0.25, -0.2) is 4.98 Å². The van der Waals surface area contributed by atoms with E-state index in [1.165, 1.54) is 49.3 Å². The van der Waals surface area contributed by atoms with Crippen LogP contribution in [0.4, 0.5) is 0 Å². The summed E-state index contributed by atoms with van der Waals surface area (Å²) in [5.74, 6) is 0.732. The molecule has 126 valence electrons. The first-order chi connectivity index (χ1) is 11.8. The maximum atomic E-state index is 4.65. The van der Waals surface area contributed by atoms with Gasteiger partial charge in [-0.2, -0.15) is 0 Å². The average Bonchev–Trinajstić information content (AvgIpc) is 3.15. The molecule has 0 bridgehead atoms. The summed E-state index contributed by atoms with van der Waals surface area (Å²) in [6.45, 7) is 3.36. The van der Waals surface area contributed by atoms with Crippen LogP contribution in [0.5, 0.6) is 0 Å². The fourth-order valence-corrected chi connectivity index (χ4v) is 3.81. The molecule has 5 nitrogen and oxygen atoms in total. The van der Waals surface area contributed by atoms with E-state index in [1.807, 2.05) is 24.9 Å². The average molecular weight is 323 g/mol. The van der Waals surface area contributed by atoms with Crippen LogP contribution < -0.4 is 0 Å². The smallest absolute Gasteiger partial charge is 0.0945 e. The van der Waals surface area contributed by atoms with Crippen molar-refractivity contribution in [3.05, 3.63) is 54.6 Å². The Morgan fingerprint density at radius 2 is 2.17 bits per heavy atom. The summed E-state index contributed by atoms with van der Waals surface area (Å²) in [5, 5.41) is 0. The number of hydrogen-bond donors (Lipinski definition) is 0. The molecule has 0 aliphatic carbocycles. The molecular weight excluding hydrogens is 298 g/mol. The van der Waals surface area contributed by atoms with Crippen molar-refractivity contribution < 1.29 is 0 Å². The minimum Gasteiger partial charge on any atom is -0.337 e. The molecule has 0 amide bonds. The molecule has 1 saturated heterocycles. The molecule has 1 fully saturated rings. The first kappa shape index (κ1) is 15.4. The molecule has 1 atom stereocenters. The molecule has 4 rings (SSSR count). The molecule has 1 aliphatic rings. The van der Waals surface area contributed by atoms with Gasteiger partial charge in [-0.3, -0.25) is 9.88 Å². The van der Waals surface area contributed by atoms with E-state index in [-0.39, 0.29) is 0 Å². The van der Waals surface area contributed by atoms with E-state index in [9.17, 15) is 0 Å². The predicted molar refractivity (Wildman–Crippen MR) is 94.7 cm³/mol. The van der Waals surface area contributed by atoms with Gasteiger partial charge in [0, 0.05) is 38.4 Å². The van der Waals surface area contributed by atoms with E-state index in [2.05, 4.69) is 49.2 Å². The summed E-state index contributed by atoms with van der Waals surface area (Å²) in [5.41, 5.74) is 3.80. The zero-order chi connectivity index (χ0) is 16.4. The Morgan fingerprint density at radius 1 is 1.21 bits per heavy atom. The summed E-state index contributed by atoms with van der Waals surface area (Å²) in [4.78, 5) is 11.5. The first-order valence-electron chi connectivity index (χ1n) is 8.88. The van der Waals surface area contributed by atoms with Crippen molar-refractivity contribution in [3.8, 4) is 0 Å². The second-order valence-corrected chi connectivity index (χ2v) is 6.95. The number of likely N-dealkylation sites (tertiary alicyclic amines) is 1. The van der Waals surface area contributed by atoms with Crippen molar-refractivity contribution >= 4 is 5.52 Å². The largest absolute Gasteiger partial charge is 0.337 e. The van der Waals surface area contributed by atoms with Crippen molar-refractivity contribution in [2.75, 3.05) is 13.1 Å². The van der Waals surface area contributed by atoms with Crippen LogP contribution in [0.15, 0.2) is 43.2 Å². The normalized spacial score (nSPS) is 19.6. The monoisotopic (exact) mass is 323 g/mol. The molecule has 0 aromatic carbocycles. The quantitative estimate of drug-likeness (QED) is 0.741. The van der Waals surface area contributed by atoms with Gasteiger partial charge in [-0.15, -0.1) is 0 Å². The van der Waals surface area contributed by atoms with Crippen molar-refractivity contribution in [3.63, 3.8) is 0 Å². The zero-order valence-corrected chi connectivity index (χ0v) is 14.3.